The molecular weight excluding hydrogens is 366 g/mol. The Balaban J connectivity index is 1.58. The molecule has 0 aromatic carbocycles. The minimum absolute atomic E-state index is 0.118. The Morgan fingerprint density at radius 1 is 1.22 bits per heavy atom. The molecule has 8 nitrogen and oxygen atoms in total. The quantitative estimate of drug-likeness (QED) is 0.652. The maximum absolute atomic E-state index is 12.0. The Kier molecular flexibility index (Phi) is 5.92. The highest BCUT2D eigenvalue weighted by atomic mass is 32.1. The van der Waals surface area contributed by atoms with Crippen LogP contribution in [0.2, 0.25) is 0 Å². The Bertz CT molecular complexity index is 1040. The van der Waals surface area contributed by atoms with Crippen molar-refractivity contribution >= 4 is 17.2 Å². The van der Waals surface area contributed by atoms with Gasteiger partial charge in [-0.05, 0) is 23.9 Å². The van der Waals surface area contributed by atoms with Crippen molar-refractivity contribution < 1.29 is 4.79 Å². The van der Waals surface area contributed by atoms with Crippen LogP contribution in [0.4, 0.5) is 0 Å². The minimum atomic E-state index is -0.328. The second-order valence-electron chi connectivity index (χ2n) is 5.81. The summed E-state index contributed by atoms with van der Waals surface area (Å²) in [6.07, 6.45) is 2.03. The topological polar surface area (TPSA) is 98.9 Å². The van der Waals surface area contributed by atoms with Gasteiger partial charge in [0.15, 0.2) is 0 Å². The zero-order valence-electron chi connectivity index (χ0n) is 14.8. The number of amides is 1. The minimum Gasteiger partial charge on any atom is -0.353 e. The van der Waals surface area contributed by atoms with Crippen molar-refractivity contribution in [3.63, 3.8) is 0 Å². The summed E-state index contributed by atoms with van der Waals surface area (Å²) in [4.78, 5) is 41.0. The third-order valence-electron chi connectivity index (χ3n) is 3.90. The lowest BCUT2D eigenvalue weighted by Gasteiger charge is -2.09. The number of nitrogens with one attached hydrogen (secondary N) is 1. The normalized spacial score (nSPS) is 10.7. The van der Waals surface area contributed by atoms with Crippen molar-refractivity contribution in [1.82, 2.24) is 24.6 Å². The molecule has 1 N–H and O–H groups in total. The summed E-state index contributed by atoms with van der Waals surface area (Å²) in [7, 11) is 0. The number of carbonyl (C=O) groups excluding carboxylic acids is 1. The van der Waals surface area contributed by atoms with Crippen molar-refractivity contribution in [1.29, 1.82) is 0 Å². The van der Waals surface area contributed by atoms with Crippen LogP contribution in [0.3, 0.4) is 0 Å². The van der Waals surface area contributed by atoms with Crippen LogP contribution in [0.15, 0.2) is 51.6 Å². The van der Waals surface area contributed by atoms with Crippen molar-refractivity contribution in [2.45, 2.75) is 26.4 Å². The molecular formula is C18H19N5O3S. The largest absolute Gasteiger partial charge is 0.353 e. The molecule has 0 radical (unpaired) electrons. The summed E-state index contributed by atoms with van der Waals surface area (Å²) in [5.74, 6) is -0.328. The summed E-state index contributed by atoms with van der Waals surface area (Å²) < 4.78 is 2.56. The van der Waals surface area contributed by atoms with Gasteiger partial charge in [-0.25, -0.2) is 9.67 Å². The lowest BCUT2D eigenvalue weighted by molar-refractivity contribution is -0.121. The summed E-state index contributed by atoms with van der Waals surface area (Å²) in [5, 5.41) is 8.96. The predicted molar refractivity (Wildman–Crippen MR) is 103 cm³/mol. The number of thiophene rings is 1. The van der Waals surface area contributed by atoms with Gasteiger partial charge < -0.3 is 5.32 Å². The maximum Gasteiger partial charge on any atom is 0.266 e. The van der Waals surface area contributed by atoms with Crippen LogP contribution < -0.4 is 16.4 Å². The molecule has 140 valence electrons. The molecule has 3 aromatic heterocycles. The van der Waals surface area contributed by atoms with E-state index in [0.29, 0.717) is 17.8 Å². The van der Waals surface area contributed by atoms with Gasteiger partial charge in [0.25, 0.3) is 11.1 Å². The summed E-state index contributed by atoms with van der Waals surface area (Å²) >= 11 is 1.54. The van der Waals surface area contributed by atoms with E-state index >= 15 is 0 Å². The van der Waals surface area contributed by atoms with Crippen molar-refractivity contribution in [3.05, 3.63) is 68.4 Å². The molecule has 0 saturated carbocycles. The van der Waals surface area contributed by atoms with Crippen molar-refractivity contribution in [3.8, 4) is 10.6 Å². The van der Waals surface area contributed by atoms with Gasteiger partial charge in [0.1, 0.15) is 12.2 Å². The molecule has 3 heterocycles. The Labute approximate surface area is 159 Å². The number of aryl methyl sites for hydroxylation is 1. The van der Waals surface area contributed by atoms with E-state index in [4.69, 9.17) is 0 Å². The molecule has 0 aliphatic rings. The third kappa shape index (κ3) is 4.76. The average molecular weight is 385 g/mol. The van der Waals surface area contributed by atoms with Gasteiger partial charge in [-0.1, -0.05) is 13.0 Å². The molecule has 0 unspecified atom stereocenters. The van der Waals surface area contributed by atoms with Crippen LogP contribution >= 0.6 is 11.3 Å². The van der Waals surface area contributed by atoms with E-state index in [0.717, 1.165) is 4.88 Å². The summed E-state index contributed by atoms with van der Waals surface area (Å²) in [5.41, 5.74) is 0.899. The van der Waals surface area contributed by atoms with Crippen LogP contribution in [0, 0.1) is 0 Å². The van der Waals surface area contributed by atoms with Gasteiger partial charge in [-0.3, -0.25) is 19.0 Å². The number of aromatic nitrogens is 4. The first-order valence-corrected chi connectivity index (χ1v) is 9.39. The van der Waals surface area contributed by atoms with Gasteiger partial charge in [-0.15, -0.1) is 11.3 Å². The second-order valence-corrected chi connectivity index (χ2v) is 6.75. The van der Waals surface area contributed by atoms with Crippen LogP contribution in [-0.4, -0.2) is 31.8 Å². The van der Waals surface area contributed by atoms with E-state index in [2.05, 4.69) is 15.4 Å². The number of carbonyl (C=O) groups is 1. The number of hydrogen-bond donors (Lipinski definition) is 1. The lowest BCUT2D eigenvalue weighted by atomic mass is 10.3. The van der Waals surface area contributed by atoms with E-state index < -0.39 is 0 Å². The number of nitrogens with zero attached hydrogens (tertiary/aromatic N) is 4. The van der Waals surface area contributed by atoms with E-state index in [1.807, 2.05) is 24.4 Å². The highest BCUT2D eigenvalue weighted by molar-refractivity contribution is 7.13. The van der Waals surface area contributed by atoms with E-state index in [9.17, 15) is 14.4 Å². The molecule has 27 heavy (non-hydrogen) atoms. The van der Waals surface area contributed by atoms with E-state index in [1.165, 1.54) is 39.0 Å². The fourth-order valence-electron chi connectivity index (χ4n) is 2.45. The molecule has 0 spiro atoms. The van der Waals surface area contributed by atoms with Gasteiger partial charge in [-0.2, -0.15) is 5.10 Å². The Morgan fingerprint density at radius 2 is 2.07 bits per heavy atom. The SMILES string of the molecule is CCc1cc(=O)n(CC(=O)NCCn2nc(-c3cccs3)ccc2=O)cn1. The summed E-state index contributed by atoms with van der Waals surface area (Å²) in [6.45, 7) is 2.26. The second kappa shape index (κ2) is 8.54. The molecule has 3 aromatic rings. The fraction of sp³-hybridized carbons (Fsp3) is 0.278. The monoisotopic (exact) mass is 385 g/mol. The van der Waals surface area contributed by atoms with Crippen molar-refractivity contribution in [2.75, 3.05) is 6.54 Å². The van der Waals surface area contributed by atoms with Crippen LogP contribution in [0.5, 0.6) is 0 Å². The van der Waals surface area contributed by atoms with E-state index in [1.54, 1.807) is 6.07 Å². The van der Waals surface area contributed by atoms with Gasteiger partial charge in [0, 0.05) is 24.4 Å². The zero-order valence-corrected chi connectivity index (χ0v) is 15.6. The summed E-state index contributed by atoms with van der Waals surface area (Å²) in [6, 6.07) is 8.42. The lowest BCUT2D eigenvalue weighted by Crippen LogP contribution is -2.35. The molecule has 1 amide bonds. The van der Waals surface area contributed by atoms with Crippen molar-refractivity contribution in [2.24, 2.45) is 0 Å². The molecule has 0 fully saturated rings. The van der Waals surface area contributed by atoms with Gasteiger partial charge >= 0.3 is 0 Å². The predicted octanol–water partition coefficient (Wildman–Crippen LogP) is 0.907. The highest BCUT2D eigenvalue weighted by Crippen LogP contribution is 2.20. The molecule has 3 rings (SSSR count). The average Bonchev–Trinajstić information content (AvgIpc) is 3.19. The molecule has 0 saturated heterocycles. The number of rotatable bonds is 7. The van der Waals surface area contributed by atoms with Gasteiger partial charge in [0.05, 0.1) is 17.7 Å². The van der Waals surface area contributed by atoms with Crippen LogP contribution in [-0.2, 0) is 24.3 Å². The van der Waals surface area contributed by atoms with E-state index in [-0.39, 0.29) is 36.7 Å². The first kappa shape index (κ1) is 18.7. The van der Waals surface area contributed by atoms with Gasteiger partial charge in [0.2, 0.25) is 5.91 Å². The first-order chi connectivity index (χ1) is 13.1. The first-order valence-electron chi connectivity index (χ1n) is 8.51. The molecule has 0 bridgehead atoms. The molecule has 0 aliphatic heterocycles. The Hall–Kier alpha value is -3.07. The third-order valence-corrected chi connectivity index (χ3v) is 4.79. The molecule has 0 atom stereocenters. The maximum atomic E-state index is 12.0. The van der Waals surface area contributed by atoms with Crippen LogP contribution in [0.25, 0.3) is 10.6 Å². The molecule has 9 heteroatoms. The highest BCUT2D eigenvalue weighted by Gasteiger charge is 2.07. The molecule has 0 aliphatic carbocycles. The van der Waals surface area contributed by atoms with Crippen LogP contribution in [0.1, 0.15) is 12.6 Å². The number of hydrogen-bond acceptors (Lipinski definition) is 6. The fourth-order valence-corrected chi connectivity index (χ4v) is 3.14. The Morgan fingerprint density at radius 3 is 2.78 bits per heavy atom. The standard InChI is InChI=1S/C18H19N5O3S/c1-2-13-10-18(26)22(12-20-13)11-16(24)19-7-8-23-17(25)6-5-14(21-23)15-4-3-9-27-15/h3-6,9-10,12H,2,7-8,11H2,1H3,(H,19,24). The zero-order chi connectivity index (χ0) is 19.2. The smallest absolute Gasteiger partial charge is 0.266 e.